The van der Waals surface area contributed by atoms with Crippen molar-refractivity contribution in [2.75, 3.05) is 10.6 Å². The van der Waals surface area contributed by atoms with Gasteiger partial charge in [0, 0.05) is 59.8 Å². The Morgan fingerprint density at radius 2 is 0.845 bits per heavy atom. The van der Waals surface area contributed by atoms with Crippen LogP contribution in [-0.4, -0.2) is 66.5 Å². The number of nitrogens with one attached hydrogen (secondary N) is 2. The first kappa shape index (κ1) is 66.1. The molecule has 84 heavy (non-hydrogen) atoms. The van der Waals surface area contributed by atoms with Crippen molar-refractivity contribution in [2.45, 2.75) is 132 Å². The molecule has 0 saturated carbocycles. The van der Waals surface area contributed by atoms with Crippen molar-refractivity contribution in [1.29, 1.82) is 0 Å². The van der Waals surface area contributed by atoms with E-state index in [9.17, 15) is 47.8 Å². The highest BCUT2D eigenvalue weighted by Gasteiger charge is 2.33. The number of Topliss-reactive ketones (excluding diaryl/α,β-unsaturated/α-hetero) is 4. The van der Waals surface area contributed by atoms with Gasteiger partial charge >= 0.3 is 0 Å². The molecule has 0 aliphatic carbocycles. The fourth-order valence-corrected chi connectivity index (χ4v) is 10.4. The van der Waals surface area contributed by atoms with Crippen molar-refractivity contribution in [1.82, 2.24) is 9.13 Å². The standard InChI is InChI=1S/C34H37FN2O4.C34H33FN2O4.2CH4/c2*1-22(2)32-31(34(41)36-27-12-8-5-9-13-27)30(24-10-6-4-7-11-24)33(25-14-16-26(35)17-15-25)37(32)19-18-28(39)21-29(40)20-23(3)38;;/h4-17,22,28-29,39-40H,18-21H2,1-3H3,(H,36,41);4-17,22H,18-21H2,1-3H3,(H,36,41);2*1H4/t28-,29+;;;/m1.../s1. The van der Waals surface area contributed by atoms with Gasteiger partial charge in [0.05, 0.1) is 47.6 Å². The Kier molecular flexibility index (Phi) is 24.5. The summed E-state index contributed by atoms with van der Waals surface area (Å²) in [5.41, 5.74) is 9.67. The molecule has 0 spiro atoms. The van der Waals surface area contributed by atoms with E-state index < -0.39 is 23.8 Å². The monoisotopic (exact) mass is 1140 g/mol. The first-order valence-corrected chi connectivity index (χ1v) is 27.6. The predicted molar refractivity (Wildman–Crippen MR) is 332 cm³/mol. The highest BCUT2D eigenvalue weighted by atomic mass is 19.1. The maximum Gasteiger partial charge on any atom is 0.258 e. The maximum atomic E-state index is 14.1. The molecule has 4 N–H and O–H groups in total. The Hall–Kier alpha value is -8.72. The molecule has 2 aromatic heterocycles. The van der Waals surface area contributed by atoms with Gasteiger partial charge in [-0.2, -0.15) is 0 Å². The molecule has 0 aliphatic rings. The van der Waals surface area contributed by atoms with Gasteiger partial charge in [-0.15, -0.1) is 0 Å². The number of amides is 2. The average molecular weight is 1140 g/mol. The van der Waals surface area contributed by atoms with Crippen LogP contribution in [0, 0.1) is 11.6 Å². The fraction of sp³-hybridized carbons (Fsp3) is 0.286. The number of rotatable bonds is 24. The summed E-state index contributed by atoms with van der Waals surface area (Å²) in [5, 5.41) is 27.1. The third-order valence-corrected chi connectivity index (χ3v) is 13.8. The van der Waals surface area contributed by atoms with Gasteiger partial charge in [-0.1, -0.05) is 140 Å². The molecule has 8 aromatic rings. The van der Waals surface area contributed by atoms with Crippen molar-refractivity contribution in [3.63, 3.8) is 0 Å². The van der Waals surface area contributed by atoms with E-state index in [0.717, 1.165) is 39.3 Å². The normalized spacial score (nSPS) is 11.6. The number of anilines is 2. The molecule has 0 unspecified atom stereocenters. The van der Waals surface area contributed by atoms with E-state index in [0.29, 0.717) is 45.9 Å². The Balaban J connectivity index is 0.000000300. The van der Waals surface area contributed by atoms with E-state index >= 15 is 0 Å². The van der Waals surface area contributed by atoms with Crippen LogP contribution in [0.2, 0.25) is 0 Å². The SMILES string of the molecule is C.C.CC(=O)CC(=O)CC(=O)CCn1c(-c2ccc(F)cc2)c(-c2ccccc2)c(C(=O)Nc2ccccc2)c1C(C)C.CC(=O)C[C@H](O)C[C@H](O)CCn1c(-c2ccc(F)cc2)c(-c2ccccc2)c(C(=O)Nc2ccccc2)c1C(C)C. The molecular weight excluding hydrogens is 1060 g/mol. The van der Waals surface area contributed by atoms with E-state index in [1.54, 1.807) is 24.3 Å². The summed E-state index contributed by atoms with van der Waals surface area (Å²) in [4.78, 5) is 75.8. The van der Waals surface area contributed by atoms with Gasteiger partial charge in [0.1, 0.15) is 34.8 Å². The number of halogens is 2. The predicted octanol–water partition coefficient (Wildman–Crippen LogP) is 15.3. The number of para-hydroxylation sites is 2. The zero-order valence-electron chi connectivity index (χ0n) is 47.1. The number of carbonyl (C=O) groups excluding carboxylic acids is 6. The average Bonchev–Trinajstić information content (AvgIpc) is 2.70. The van der Waals surface area contributed by atoms with Crippen LogP contribution in [0.15, 0.2) is 170 Å². The first-order valence-electron chi connectivity index (χ1n) is 27.6. The Morgan fingerprint density at radius 3 is 1.21 bits per heavy atom. The van der Waals surface area contributed by atoms with Crippen LogP contribution < -0.4 is 10.6 Å². The molecule has 14 heteroatoms. The number of hydrogen-bond acceptors (Lipinski definition) is 8. The van der Waals surface area contributed by atoms with Gasteiger partial charge in [0.15, 0.2) is 0 Å². The number of aliphatic hydroxyl groups is 2. The lowest BCUT2D eigenvalue weighted by atomic mass is 9.94. The van der Waals surface area contributed by atoms with E-state index in [-0.39, 0.29) is 107 Å². The molecule has 8 rings (SSSR count). The lowest BCUT2D eigenvalue weighted by Crippen LogP contribution is -2.22. The van der Waals surface area contributed by atoms with Crippen LogP contribution in [0.3, 0.4) is 0 Å². The molecule has 440 valence electrons. The smallest absolute Gasteiger partial charge is 0.258 e. The molecule has 6 aromatic carbocycles. The van der Waals surface area contributed by atoms with Crippen LogP contribution >= 0.6 is 0 Å². The maximum absolute atomic E-state index is 14.1. The van der Waals surface area contributed by atoms with E-state index in [1.807, 2.05) is 158 Å². The summed E-state index contributed by atoms with van der Waals surface area (Å²) in [6.07, 6.45) is -2.02. The molecule has 0 bridgehead atoms. The number of nitrogens with zero attached hydrogens (tertiary/aromatic N) is 2. The molecule has 12 nitrogen and oxygen atoms in total. The summed E-state index contributed by atoms with van der Waals surface area (Å²) in [6.45, 7) is 11.3. The Labute approximate surface area is 492 Å². The zero-order chi connectivity index (χ0) is 59.0. The van der Waals surface area contributed by atoms with Crippen LogP contribution in [0.1, 0.15) is 139 Å². The van der Waals surface area contributed by atoms with Crippen LogP contribution in [0.5, 0.6) is 0 Å². The summed E-state index contributed by atoms with van der Waals surface area (Å²) < 4.78 is 32.0. The molecule has 0 radical (unpaired) electrons. The number of hydrogen-bond donors (Lipinski definition) is 4. The molecule has 0 saturated heterocycles. The molecule has 2 amide bonds. The fourth-order valence-electron chi connectivity index (χ4n) is 10.4. The topological polar surface area (TPSA) is 177 Å². The largest absolute Gasteiger partial charge is 0.393 e. The van der Waals surface area contributed by atoms with Crippen molar-refractivity contribution in [3.8, 4) is 44.8 Å². The lowest BCUT2D eigenvalue weighted by Gasteiger charge is -2.20. The van der Waals surface area contributed by atoms with E-state index in [1.165, 1.54) is 38.1 Å². The number of aliphatic hydroxyl groups excluding tert-OH is 2. The van der Waals surface area contributed by atoms with Gasteiger partial charge in [-0.25, -0.2) is 8.78 Å². The molecule has 0 aliphatic heterocycles. The summed E-state index contributed by atoms with van der Waals surface area (Å²) in [5.74, 6) is -2.66. The molecule has 2 heterocycles. The van der Waals surface area contributed by atoms with Crippen molar-refractivity contribution < 1.29 is 47.8 Å². The highest BCUT2D eigenvalue weighted by molar-refractivity contribution is 6.14. The number of aromatic nitrogens is 2. The minimum absolute atomic E-state index is 0. The summed E-state index contributed by atoms with van der Waals surface area (Å²) in [7, 11) is 0. The summed E-state index contributed by atoms with van der Waals surface area (Å²) in [6, 6.07) is 49.8. The highest BCUT2D eigenvalue weighted by Crippen LogP contribution is 2.44. The van der Waals surface area contributed by atoms with Crippen LogP contribution in [0.25, 0.3) is 44.8 Å². The van der Waals surface area contributed by atoms with Crippen molar-refractivity contribution >= 4 is 46.3 Å². The second kappa shape index (κ2) is 31.1. The number of carbonyl (C=O) groups is 6. The van der Waals surface area contributed by atoms with Gasteiger partial charge in [0.2, 0.25) is 0 Å². The van der Waals surface area contributed by atoms with Gasteiger partial charge < -0.3 is 30.0 Å². The molecule has 2 atom stereocenters. The van der Waals surface area contributed by atoms with Crippen molar-refractivity contribution in [3.05, 3.63) is 204 Å². The summed E-state index contributed by atoms with van der Waals surface area (Å²) >= 11 is 0. The second-order valence-electron chi connectivity index (χ2n) is 21.1. The lowest BCUT2D eigenvalue weighted by molar-refractivity contribution is -0.129. The van der Waals surface area contributed by atoms with E-state index in [2.05, 4.69) is 10.6 Å². The number of ketones is 4. The Morgan fingerprint density at radius 1 is 0.464 bits per heavy atom. The van der Waals surface area contributed by atoms with E-state index in [4.69, 9.17) is 0 Å². The van der Waals surface area contributed by atoms with Gasteiger partial charge in [0.25, 0.3) is 11.8 Å². The van der Waals surface area contributed by atoms with Crippen LogP contribution in [-0.2, 0) is 32.3 Å². The van der Waals surface area contributed by atoms with Crippen molar-refractivity contribution in [2.24, 2.45) is 0 Å². The van der Waals surface area contributed by atoms with Gasteiger partial charge in [-0.3, -0.25) is 28.8 Å². The minimum atomic E-state index is -0.930. The number of benzene rings is 6. The minimum Gasteiger partial charge on any atom is -0.393 e. The second-order valence-corrected chi connectivity index (χ2v) is 21.1. The first-order chi connectivity index (χ1) is 39.3. The van der Waals surface area contributed by atoms with Crippen LogP contribution in [0.4, 0.5) is 20.2 Å². The zero-order valence-corrected chi connectivity index (χ0v) is 47.1. The molecule has 0 fully saturated rings. The third-order valence-electron chi connectivity index (χ3n) is 13.8. The Bertz CT molecular complexity index is 3490. The third kappa shape index (κ3) is 17.2. The van der Waals surface area contributed by atoms with Gasteiger partial charge in [-0.05, 0) is 134 Å². The molecular formula is C70H78F2N4O8. The quantitative estimate of drug-likeness (QED) is 0.0432.